The number of rotatable bonds is 5. The highest BCUT2D eigenvalue weighted by atomic mass is 32.2. The summed E-state index contributed by atoms with van der Waals surface area (Å²) in [5, 5.41) is 0. The first-order chi connectivity index (χ1) is 13.6. The summed E-state index contributed by atoms with van der Waals surface area (Å²) in [4.78, 5) is 14.9. The van der Waals surface area contributed by atoms with Crippen LogP contribution in [0.5, 0.6) is 0 Å². The Balaban J connectivity index is 1.69. The molecule has 28 heavy (non-hydrogen) atoms. The number of sulfonamides is 1. The van der Waals surface area contributed by atoms with E-state index >= 15 is 0 Å². The highest BCUT2D eigenvalue weighted by Crippen LogP contribution is 2.29. The number of anilines is 2. The predicted molar refractivity (Wildman–Crippen MR) is 110 cm³/mol. The number of hydrogen-bond acceptors (Lipinski definition) is 3. The highest BCUT2D eigenvalue weighted by Gasteiger charge is 2.31. The molecule has 0 bridgehead atoms. The van der Waals surface area contributed by atoms with Crippen molar-refractivity contribution in [2.75, 3.05) is 22.3 Å². The van der Waals surface area contributed by atoms with E-state index in [0.717, 1.165) is 17.7 Å². The van der Waals surface area contributed by atoms with Crippen LogP contribution in [0.25, 0.3) is 0 Å². The minimum atomic E-state index is -3.87. The topological polar surface area (TPSA) is 57.7 Å². The summed E-state index contributed by atoms with van der Waals surface area (Å²) in [6.07, 6.45) is 0.776. The van der Waals surface area contributed by atoms with Crippen LogP contribution in [0.15, 0.2) is 89.8 Å². The summed E-state index contributed by atoms with van der Waals surface area (Å²) in [5.74, 6) is -0.242. The standard InChI is InChI=1S/C22H20N2O3S/c25-22(23-16-15-18-9-7-8-14-21(18)23)17-24(19-10-3-1-4-11-19)28(26,27)20-12-5-2-6-13-20/h1-14H,15-17H2. The first-order valence-corrected chi connectivity index (χ1v) is 10.5. The van der Waals surface area contributed by atoms with Crippen molar-refractivity contribution in [2.45, 2.75) is 11.3 Å². The van der Waals surface area contributed by atoms with Crippen molar-refractivity contribution in [2.24, 2.45) is 0 Å². The maximum Gasteiger partial charge on any atom is 0.264 e. The summed E-state index contributed by atoms with van der Waals surface area (Å²) in [6.45, 7) is 0.307. The van der Waals surface area contributed by atoms with Gasteiger partial charge >= 0.3 is 0 Å². The molecule has 1 aliphatic heterocycles. The van der Waals surface area contributed by atoms with E-state index in [-0.39, 0.29) is 17.3 Å². The zero-order valence-corrected chi connectivity index (χ0v) is 16.0. The Hall–Kier alpha value is -3.12. The van der Waals surface area contributed by atoms with Gasteiger partial charge in [0.2, 0.25) is 5.91 Å². The van der Waals surface area contributed by atoms with Gasteiger partial charge in [0.15, 0.2) is 0 Å². The molecular weight excluding hydrogens is 372 g/mol. The summed E-state index contributed by atoms with van der Waals surface area (Å²) < 4.78 is 27.8. The molecule has 3 aromatic carbocycles. The molecule has 1 heterocycles. The molecule has 0 unspecified atom stereocenters. The average molecular weight is 392 g/mol. The van der Waals surface area contributed by atoms with Crippen LogP contribution < -0.4 is 9.21 Å². The Bertz CT molecular complexity index is 1080. The SMILES string of the molecule is O=C(CN(c1ccccc1)S(=O)(=O)c1ccccc1)N1CCc2ccccc21. The van der Waals surface area contributed by atoms with Gasteiger partial charge in [-0.3, -0.25) is 9.10 Å². The second-order valence-corrected chi connectivity index (χ2v) is 8.45. The fourth-order valence-electron chi connectivity index (χ4n) is 3.43. The van der Waals surface area contributed by atoms with Crippen LogP contribution in [0.4, 0.5) is 11.4 Å². The third-order valence-corrected chi connectivity index (χ3v) is 6.63. The van der Waals surface area contributed by atoms with Crippen LogP contribution in [0.2, 0.25) is 0 Å². The van der Waals surface area contributed by atoms with Crippen molar-refractivity contribution >= 4 is 27.3 Å². The quantitative estimate of drug-likeness (QED) is 0.668. The van der Waals surface area contributed by atoms with Gasteiger partial charge in [0.05, 0.1) is 10.6 Å². The number of hydrogen-bond donors (Lipinski definition) is 0. The largest absolute Gasteiger partial charge is 0.310 e. The molecule has 0 saturated heterocycles. The van der Waals surface area contributed by atoms with E-state index in [4.69, 9.17) is 0 Å². The number of carbonyl (C=O) groups is 1. The fraction of sp³-hybridized carbons (Fsp3) is 0.136. The number of para-hydroxylation sites is 2. The van der Waals surface area contributed by atoms with Gasteiger partial charge in [0.1, 0.15) is 6.54 Å². The number of amides is 1. The summed E-state index contributed by atoms with van der Waals surface area (Å²) in [6, 6.07) is 24.7. The van der Waals surface area contributed by atoms with Crippen LogP contribution in [-0.2, 0) is 21.2 Å². The third-order valence-electron chi connectivity index (χ3n) is 4.84. The van der Waals surface area contributed by atoms with Crippen LogP contribution in [0.1, 0.15) is 5.56 Å². The maximum absolute atomic E-state index is 13.3. The van der Waals surface area contributed by atoms with E-state index in [1.54, 1.807) is 59.5 Å². The molecule has 1 aliphatic rings. The number of carbonyl (C=O) groups excluding carboxylic acids is 1. The molecular formula is C22H20N2O3S. The molecule has 4 rings (SSSR count). The predicted octanol–water partition coefficient (Wildman–Crippen LogP) is 3.47. The Morgan fingerprint density at radius 1 is 0.857 bits per heavy atom. The Labute approximate surface area is 164 Å². The lowest BCUT2D eigenvalue weighted by molar-refractivity contribution is -0.117. The van der Waals surface area contributed by atoms with Crippen LogP contribution >= 0.6 is 0 Å². The molecule has 0 aliphatic carbocycles. The lowest BCUT2D eigenvalue weighted by Crippen LogP contribution is -2.42. The molecule has 3 aromatic rings. The number of nitrogens with zero attached hydrogens (tertiary/aromatic N) is 2. The number of benzene rings is 3. The molecule has 0 aromatic heterocycles. The van der Waals surface area contributed by atoms with Gasteiger partial charge in [-0.1, -0.05) is 54.6 Å². The molecule has 1 amide bonds. The van der Waals surface area contributed by atoms with Gasteiger partial charge in [0, 0.05) is 12.2 Å². The summed E-state index contributed by atoms with van der Waals surface area (Å²) >= 11 is 0. The molecule has 0 radical (unpaired) electrons. The van der Waals surface area contributed by atoms with E-state index in [0.29, 0.717) is 12.2 Å². The zero-order chi connectivity index (χ0) is 19.6. The van der Waals surface area contributed by atoms with Crippen LogP contribution in [0.3, 0.4) is 0 Å². The molecule has 0 spiro atoms. The first-order valence-electron chi connectivity index (χ1n) is 9.08. The van der Waals surface area contributed by atoms with E-state index < -0.39 is 10.0 Å². The van der Waals surface area contributed by atoms with Crippen molar-refractivity contribution in [3.05, 3.63) is 90.5 Å². The second-order valence-electron chi connectivity index (χ2n) is 6.58. The Kier molecular flexibility index (Phi) is 4.88. The minimum absolute atomic E-state index is 0.161. The van der Waals surface area contributed by atoms with Crippen molar-refractivity contribution in [1.82, 2.24) is 0 Å². The summed E-state index contributed by atoms with van der Waals surface area (Å²) in [5.41, 5.74) is 2.43. The average Bonchev–Trinajstić information content (AvgIpc) is 3.17. The molecule has 0 N–H and O–H groups in total. The number of fused-ring (bicyclic) bond motifs is 1. The van der Waals surface area contributed by atoms with E-state index in [1.165, 1.54) is 4.31 Å². The zero-order valence-electron chi connectivity index (χ0n) is 15.2. The Morgan fingerprint density at radius 3 is 2.18 bits per heavy atom. The van der Waals surface area contributed by atoms with Crippen molar-refractivity contribution in [3.63, 3.8) is 0 Å². The van der Waals surface area contributed by atoms with Crippen LogP contribution in [-0.4, -0.2) is 27.4 Å². The highest BCUT2D eigenvalue weighted by molar-refractivity contribution is 7.92. The molecule has 142 valence electrons. The minimum Gasteiger partial charge on any atom is -0.310 e. The van der Waals surface area contributed by atoms with Gasteiger partial charge < -0.3 is 4.90 Å². The lowest BCUT2D eigenvalue weighted by Gasteiger charge is -2.26. The van der Waals surface area contributed by atoms with E-state index in [1.807, 2.05) is 30.3 Å². The van der Waals surface area contributed by atoms with Crippen LogP contribution in [0, 0.1) is 0 Å². The molecule has 6 heteroatoms. The van der Waals surface area contributed by atoms with Gasteiger partial charge in [-0.15, -0.1) is 0 Å². The Morgan fingerprint density at radius 2 is 1.46 bits per heavy atom. The maximum atomic E-state index is 13.3. The molecule has 0 saturated carbocycles. The third kappa shape index (κ3) is 3.39. The fourth-order valence-corrected chi connectivity index (χ4v) is 4.87. The molecule has 0 fully saturated rings. The van der Waals surface area contributed by atoms with Crippen molar-refractivity contribution < 1.29 is 13.2 Å². The lowest BCUT2D eigenvalue weighted by atomic mass is 10.2. The second kappa shape index (κ2) is 7.48. The van der Waals surface area contributed by atoms with E-state index in [9.17, 15) is 13.2 Å². The van der Waals surface area contributed by atoms with E-state index in [2.05, 4.69) is 0 Å². The summed E-state index contributed by atoms with van der Waals surface area (Å²) in [7, 11) is -3.87. The monoisotopic (exact) mass is 392 g/mol. The van der Waals surface area contributed by atoms with Crippen molar-refractivity contribution in [3.8, 4) is 0 Å². The van der Waals surface area contributed by atoms with Gasteiger partial charge in [-0.25, -0.2) is 8.42 Å². The van der Waals surface area contributed by atoms with Crippen molar-refractivity contribution in [1.29, 1.82) is 0 Å². The van der Waals surface area contributed by atoms with Gasteiger partial charge in [0.25, 0.3) is 10.0 Å². The normalized spacial score (nSPS) is 13.2. The van der Waals surface area contributed by atoms with Gasteiger partial charge in [-0.2, -0.15) is 0 Å². The molecule has 5 nitrogen and oxygen atoms in total. The first kappa shape index (κ1) is 18.3. The smallest absolute Gasteiger partial charge is 0.264 e. The van der Waals surface area contributed by atoms with Gasteiger partial charge in [-0.05, 0) is 42.3 Å². The molecule has 0 atom stereocenters.